The standard InChI is InChI=1S/C23H22F5N3O2/c1-14-20(15(2)31(30-14)11-16-6-8-19(24)9-7-16)29-21(32)18-5-3-4-17(10-18)12-33-13-23(27,28)22(25)26/h3-10,22H,11-13H2,1-2H3,(H,29,32). The Morgan fingerprint density at radius 3 is 2.48 bits per heavy atom. The number of rotatable bonds is 9. The van der Waals surface area contributed by atoms with Gasteiger partial charge in [0.05, 0.1) is 30.2 Å². The van der Waals surface area contributed by atoms with Gasteiger partial charge >= 0.3 is 12.3 Å². The molecule has 3 aromatic rings. The molecule has 33 heavy (non-hydrogen) atoms. The molecule has 1 aromatic heterocycles. The highest BCUT2D eigenvalue weighted by Crippen LogP contribution is 2.24. The summed E-state index contributed by atoms with van der Waals surface area (Å²) in [5, 5.41) is 7.22. The molecule has 0 bridgehead atoms. The molecule has 0 aliphatic carbocycles. The van der Waals surface area contributed by atoms with E-state index in [9.17, 15) is 26.7 Å². The summed E-state index contributed by atoms with van der Waals surface area (Å²) in [6.07, 6.45) is -3.81. The van der Waals surface area contributed by atoms with Gasteiger partial charge in [0.1, 0.15) is 12.4 Å². The lowest BCUT2D eigenvalue weighted by atomic mass is 10.1. The zero-order valence-corrected chi connectivity index (χ0v) is 17.9. The Morgan fingerprint density at radius 2 is 1.82 bits per heavy atom. The fourth-order valence-electron chi connectivity index (χ4n) is 3.15. The van der Waals surface area contributed by atoms with E-state index in [-0.39, 0.29) is 18.0 Å². The van der Waals surface area contributed by atoms with E-state index >= 15 is 0 Å². The maximum absolute atomic E-state index is 13.1. The van der Waals surface area contributed by atoms with Gasteiger partial charge in [-0.25, -0.2) is 13.2 Å². The van der Waals surface area contributed by atoms with Gasteiger partial charge in [0.2, 0.25) is 0 Å². The molecule has 1 N–H and O–H groups in total. The van der Waals surface area contributed by atoms with Gasteiger partial charge in [-0.05, 0) is 49.2 Å². The molecule has 10 heteroatoms. The molecule has 1 heterocycles. The Labute approximate surface area is 187 Å². The zero-order chi connectivity index (χ0) is 24.2. The minimum atomic E-state index is -4.24. The van der Waals surface area contributed by atoms with Crippen molar-refractivity contribution in [3.8, 4) is 0 Å². The van der Waals surface area contributed by atoms with Crippen LogP contribution in [0.4, 0.5) is 27.6 Å². The summed E-state index contributed by atoms with van der Waals surface area (Å²) in [7, 11) is 0. The lowest BCUT2D eigenvalue weighted by molar-refractivity contribution is -0.168. The van der Waals surface area contributed by atoms with Crippen LogP contribution in [-0.4, -0.2) is 34.6 Å². The quantitative estimate of drug-likeness (QED) is 0.432. The van der Waals surface area contributed by atoms with Crippen molar-refractivity contribution in [2.24, 2.45) is 0 Å². The fraction of sp³-hybridized carbons (Fsp3) is 0.304. The van der Waals surface area contributed by atoms with Crippen LogP contribution in [0, 0.1) is 19.7 Å². The highest BCUT2D eigenvalue weighted by molar-refractivity contribution is 6.05. The van der Waals surface area contributed by atoms with Crippen molar-refractivity contribution in [2.45, 2.75) is 39.3 Å². The Kier molecular flexibility index (Phi) is 7.47. The Bertz CT molecular complexity index is 1110. The van der Waals surface area contributed by atoms with Crippen LogP contribution < -0.4 is 5.32 Å². The summed E-state index contributed by atoms with van der Waals surface area (Å²) in [4.78, 5) is 12.7. The molecule has 0 spiro atoms. The molecule has 0 radical (unpaired) electrons. The molecule has 5 nitrogen and oxygen atoms in total. The predicted molar refractivity (Wildman–Crippen MR) is 112 cm³/mol. The number of carbonyl (C=O) groups excluding carboxylic acids is 1. The minimum absolute atomic E-state index is 0.238. The first-order chi connectivity index (χ1) is 15.6. The maximum Gasteiger partial charge on any atom is 0.330 e. The Morgan fingerprint density at radius 1 is 1.12 bits per heavy atom. The number of hydrogen-bond donors (Lipinski definition) is 1. The first kappa shape index (κ1) is 24.4. The molecule has 0 aliphatic rings. The number of halogens is 5. The lowest BCUT2D eigenvalue weighted by Gasteiger charge is -2.15. The molecule has 3 rings (SSSR count). The largest absolute Gasteiger partial charge is 0.370 e. The van der Waals surface area contributed by atoms with E-state index in [0.717, 1.165) is 5.56 Å². The number of anilines is 1. The van der Waals surface area contributed by atoms with Gasteiger partial charge in [-0.2, -0.15) is 13.9 Å². The molecule has 0 atom stereocenters. The smallest absolute Gasteiger partial charge is 0.330 e. The molecule has 0 saturated heterocycles. The van der Waals surface area contributed by atoms with E-state index in [1.54, 1.807) is 30.7 Å². The van der Waals surface area contributed by atoms with Crippen LogP contribution in [0.1, 0.15) is 32.9 Å². The predicted octanol–water partition coefficient (Wildman–Crippen LogP) is 5.36. The van der Waals surface area contributed by atoms with Crippen molar-refractivity contribution in [3.05, 3.63) is 82.4 Å². The van der Waals surface area contributed by atoms with Gasteiger partial charge in [-0.3, -0.25) is 9.48 Å². The first-order valence-electron chi connectivity index (χ1n) is 9.99. The van der Waals surface area contributed by atoms with Crippen LogP contribution in [0.25, 0.3) is 0 Å². The van der Waals surface area contributed by atoms with Crippen LogP contribution in [-0.2, 0) is 17.9 Å². The SMILES string of the molecule is Cc1nn(Cc2ccc(F)cc2)c(C)c1NC(=O)c1cccc(COCC(F)(F)C(F)F)c1. The van der Waals surface area contributed by atoms with Crippen molar-refractivity contribution in [1.29, 1.82) is 0 Å². The molecular weight excluding hydrogens is 445 g/mol. The summed E-state index contributed by atoms with van der Waals surface area (Å²) in [5.74, 6) is -5.03. The minimum Gasteiger partial charge on any atom is -0.370 e. The van der Waals surface area contributed by atoms with Gasteiger partial charge in [0, 0.05) is 5.56 Å². The second-order valence-corrected chi connectivity index (χ2v) is 7.54. The van der Waals surface area contributed by atoms with E-state index in [1.807, 2.05) is 0 Å². The summed E-state index contributed by atoms with van der Waals surface area (Å²) in [6, 6.07) is 12.0. The van der Waals surface area contributed by atoms with Gasteiger partial charge in [0.25, 0.3) is 5.91 Å². The van der Waals surface area contributed by atoms with Crippen molar-refractivity contribution in [2.75, 3.05) is 11.9 Å². The lowest BCUT2D eigenvalue weighted by Crippen LogP contribution is -2.32. The van der Waals surface area contributed by atoms with E-state index < -0.39 is 24.9 Å². The van der Waals surface area contributed by atoms with Crippen LogP contribution >= 0.6 is 0 Å². The number of benzene rings is 2. The maximum atomic E-state index is 13.1. The number of nitrogens with zero attached hydrogens (tertiary/aromatic N) is 2. The normalized spacial score (nSPS) is 11.8. The molecule has 176 valence electrons. The molecule has 0 fully saturated rings. The van der Waals surface area contributed by atoms with E-state index in [0.29, 0.717) is 29.2 Å². The van der Waals surface area contributed by atoms with Crippen molar-refractivity contribution in [3.63, 3.8) is 0 Å². The number of aryl methyl sites for hydroxylation is 1. The third-order valence-electron chi connectivity index (χ3n) is 4.94. The van der Waals surface area contributed by atoms with Crippen molar-refractivity contribution < 1.29 is 31.5 Å². The highest BCUT2D eigenvalue weighted by atomic mass is 19.3. The van der Waals surface area contributed by atoms with Crippen LogP contribution in [0.3, 0.4) is 0 Å². The van der Waals surface area contributed by atoms with E-state index in [1.165, 1.54) is 36.4 Å². The third kappa shape index (κ3) is 6.16. The molecule has 0 saturated carbocycles. The summed E-state index contributed by atoms with van der Waals surface area (Å²) < 4.78 is 69.9. The summed E-state index contributed by atoms with van der Waals surface area (Å²) in [6.45, 7) is 2.13. The number of ether oxygens (including phenoxy) is 1. The van der Waals surface area contributed by atoms with Gasteiger partial charge in [-0.15, -0.1) is 0 Å². The number of amides is 1. The van der Waals surface area contributed by atoms with Crippen molar-refractivity contribution in [1.82, 2.24) is 9.78 Å². The average Bonchev–Trinajstić information content (AvgIpc) is 3.02. The topological polar surface area (TPSA) is 56.2 Å². The number of hydrogen-bond acceptors (Lipinski definition) is 3. The first-order valence-corrected chi connectivity index (χ1v) is 9.99. The van der Waals surface area contributed by atoms with Crippen molar-refractivity contribution >= 4 is 11.6 Å². The second kappa shape index (κ2) is 10.1. The third-order valence-corrected chi connectivity index (χ3v) is 4.94. The van der Waals surface area contributed by atoms with Crippen LogP contribution in [0.15, 0.2) is 48.5 Å². The van der Waals surface area contributed by atoms with Gasteiger partial charge in [0.15, 0.2) is 0 Å². The second-order valence-electron chi connectivity index (χ2n) is 7.54. The van der Waals surface area contributed by atoms with E-state index in [4.69, 9.17) is 4.74 Å². The molecule has 0 unspecified atom stereocenters. The number of alkyl halides is 4. The highest BCUT2D eigenvalue weighted by Gasteiger charge is 2.40. The fourth-order valence-corrected chi connectivity index (χ4v) is 3.15. The van der Waals surface area contributed by atoms with Crippen LogP contribution in [0.5, 0.6) is 0 Å². The number of carbonyl (C=O) groups is 1. The summed E-state index contributed by atoms with van der Waals surface area (Å²) in [5.41, 5.74) is 3.25. The number of nitrogens with one attached hydrogen (secondary N) is 1. The molecule has 0 aliphatic heterocycles. The molecule has 1 amide bonds. The van der Waals surface area contributed by atoms with Gasteiger partial charge in [-0.1, -0.05) is 24.3 Å². The summed E-state index contributed by atoms with van der Waals surface area (Å²) >= 11 is 0. The Hall–Kier alpha value is -3.27. The number of aromatic nitrogens is 2. The monoisotopic (exact) mass is 467 g/mol. The van der Waals surface area contributed by atoms with Gasteiger partial charge < -0.3 is 10.1 Å². The molecule has 2 aromatic carbocycles. The zero-order valence-electron chi connectivity index (χ0n) is 17.9. The average molecular weight is 467 g/mol. The van der Waals surface area contributed by atoms with E-state index in [2.05, 4.69) is 10.4 Å². The Balaban J connectivity index is 1.67. The van der Waals surface area contributed by atoms with Crippen LogP contribution in [0.2, 0.25) is 0 Å². The molecular formula is C23H22F5N3O2.